The summed E-state index contributed by atoms with van der Waals surface area (Å²) >= 11 is 0. The van der Waals surface area contributed by atoms with Crippen LogP contribution in [0.4, 0.5) is 11.4 Å². The van der Waals surface area contributed by atoms with Gasteiger partial charge in [-0.15, -0.1) is 0 Å². The van der Waals surface area contributed by atoms with Crippen LogP contribution in [0.15, 0.2) is 18.2 Å². The maximum absolute atomic E-state index is 11.7. The SMILES string of the molecule is Cc1cc([N+](=O)[O-])ccc1N(CCC(=O)O)S(C)(=O)=O. The van der Waals surface area contributed by atoms with Crippen molar-refractivity contribution in [3.8, 4) is 0 Å². The predicted octanol–water partition coefficient (Wildman–Crippen LogP) is 1.14. The highest BCUT2D eigenvalue weighted by Crippen LogP contribution is 2.26. The van der Waals surface area contributed by atoms with Gasteiger partial charge in [-0.3, -0.25) is 19.2 Å². The topological polar surface area (TPSA) is 118 Å². The van der Waals surface area contributed by atoms with E-state index in [4.69, 9.17) is 5.11 Å². The highest BCUT2D eigenvalue weighted by Gasteiger charge is 2.21. The number of nitro groups is 1. The van der Waals surface area contributed by atoms with Gasteiger partial charge in [-0.25, -0.2) is 8.42 Å². The molecule has 1 N–H and O–H groups in total. The van der Waals surface area contributed by atoms with Crippen LogP contribution in [-0.4, -0.2) is 37.2 Å². The number of nitro benzene ring substituents is 1. The third-order valence-corrected chi connectivity index (χ3v) is 3.77. The summed E-state index contributed by atoms with van der Waals surface area (Å²) < 4.78 is 24.4. The molecule has 0 unspecified atom stereocenters. The molecule has 110 valence electrons. The number of carboxylic acids is 1. The molecule has 1 rings (SSSR count). The highest BCUT2D eigenvalue weighted by atomic mass is 32.2. The van der Waals surface area contributed by atoms with Gasteiger partial charge < -0.3 is 5.11 Å². The molecule has 1 aromatic rings. The maximum Gasteiger partial charge on any atom is 0.305 e. The van der Waals surface area contributed by atoms with Crippen molar-refractivity contribution < 1.29 is 23.2 Å². The van der Waals surface area contributed by atoms with Gasteiger partial charge in [0, 0.05) is 18.7 Å². The zero-order valence-electron chi connectivity index (χ0n) is 10.9. The summed E-state index contributed by atoms with van der Waals surface area (Å²) in [5.74, 6) is -1.13. The lowest BCUT2D eigenvalue weighted by Crippen LogP contribution is -2.32. The fourth-order valence-corrected chi connectivity index (χ4v) is 2.68. The zero-order chi connectivity index (χ0) is 15.5. The molecule has 0 saturated heterocycles. The van der Waals surface area contributed by atoms with E-state index in [1.807, 2.05) is 0 Å². The number of carbonyl (C=O) groups is 1. The van der Waals surface area contributed by atoms with Crippen LogP contribution in [0, 0.1) is 17.0 Å². The lowest BCUT2D eigenvalue weighted by atomic mass is 10.2. The van der Waals surface area contributed by atoms with Gasteiger partial charge in [0.05, 0.1) is 23.3 Å². The molecule has 9 heteroatoms. The maximum atomic E-state index is 11.7. The number of non-ortho nitro benzene ring substituents is 1. The third-order valence-electron chi connectivity index (χ3n) is 2.59. The number of nitrogens with zero attached hydrogens (tertiary/aromatic N) is 2. The first-order valence-corrected chi connectivity index (χ1v) is 7.42. The van der Waals surface area contributed by atoms with E-state index in [-0.39, 0.29) is 24.3 Å². The molecule has 0 heterocycles. The number of hydrogen-bond donors (Lipinski definition) is 1. The van der Waals surface area contributed by atoms with Crippen molar-refractivity contribution in [2.24, 2.45) is 0 Å². The average molecular weight is 302 g/mol. The van der Waals surface area contributed by atoms with Crippen LogP contribution in [0.5, 0.6) is 0 Å². The summed E-state index contributed by atoms with van der Waals surface area (Å²) in [7, 11) is -3.67. The van der Waals surface area contributed by atoms with Crippen molar-refractivity contribution in [1.82, 2.24) is 0 Å². The number of aliphatic carboxylic acids is 1. The van der Waals surface area contributed by atoms with Crippen molar-refractivity contribution in [2.45, 2.75) is 13.3 Å². The van der Waals surface area contributed by atoms with E-state index in [2.05, 4.69) is 0 Å². The van der Waals surface area contributed by atoms with Gasteiger partial charge in [-0.05, 0) is 18.6 Å². The van der Waals surface area contributed by atoms with Crippen LogP contribution in [0.3, 0.4) is 0 Å². The molecule has 1 aromatic carbocycles. The monoisotopic (exact) mass is 302 g/mol. The Balaban J connectivity index is 3.21. The van der Waals surface area contributed by atoms with Gasteiger partial charge in [-0.2, -0.15) is 0 Å². The minimum atomic E-state index is -3.67. The van der Waals surface area contributed by atoms with Gasteiger partial charge in [0.15, 0.2) is 0 Å². The normalized spacial score (nSPS) is 11.1. The second-order valence-corrected chi connectivity index (χ2v) is 6.11. The second kappa shape index (κ2) is 5.87. The number of rotatable bonds is 6. The van der Waals surface area contributed by atoms with Gasteiger partial charge in [-0.1, -0.05) is 0 Å². The fourth-order valence-electron chi connectivity index (χ4n) is 1.70. The minimum Gasteiger partial charge on any atom is -0.481 e. The lowest BCUT2D eigenvalue weighted by Gasteiger charge is -2.23. The predicted molar refractivity (Wildman–Crippen MR) is 72.3 cm³/mol. The first-order valence-electron chi connectivity index (χ1n) is 5.57. The summed E-state index contributed by atoms with van der Waals surface area (Å²) in [4.78, 5) is 20.6. The average Bonchev–Trinajstić information content (AvgIpc) is 2.28. The van der Waals surface area contributed by atoms with Gasteiger partial charge in [0.25, 0.3) is 5.69 Å². The third kappa shape index (κ3) is 3.92. The molecule has 0 aliphatic heterocycles. The van der Waals surface area contributed by atoms with E-state index in [1.54, 1.807) is 0 Å². The zero-order valence-corrected chi connectivity index (χ0v) is 11.8. The number of carboxylic acid groups (broad SMARTS) is 1. The Bertz CT molecular complexity index is 640. The molecule has 0 atom stereocenters. The molecule has 0 saturated carbocycles. The molecule has 0 fully saturated rings. The van der Waals surface area contributed by atoms with Crippen LogP contribution < -0.4 is 4.31 Å². The van der Waals surface area contributed by atoms with E-state index in [1.165, 1.54) is 25.1 Å². The Labute approximate surface area is 115 Å². The summed E-state index contributed by atoms with van der Waals surface area (Å²) in [6, 6.07) is 3.73. The Hall–Kier alpha value is -2.16. The molecule has 0 aliphatic carbocycles. The number of aryl methyl sites for hydroxylation is 1. The van der Waals surface area contributed by atoms with E-state index in [0.717, 1.165) is 10.6 Å². The molecule has 0 aliphatic rings. The van der Waals surface area contributed by atoms with Gasteiger partial charge in [0.2, 0.25) is 10.0 Å². The number of hydrogen-bond acceptors (Lipinski definition) is 5. The smallest absolute Gasteiger partial charge is 0.305 e. The summed E-state index contributed by atoms with van der Waals surface area (Å²) in [6.07, 6.45) is 0.596. The first-order chi connectivity index (χ1) is 9.12. The highest BCUT2D eigenvalue weighted by molar-refractivity contribution is 7.92. The minimum absolute atomic E-state index is 0.155. The number of anilines is 1. The van der Waals surface area contributed by atoms with Crippen LogP contribution in [0.1, 0.15) is 12.0 Å². The molecule has 20 heavy (non-hydrogen) atoms. The largest absolute Gasteiger partial charge is 0.481 e. The van der Waals surface area contributed by atoms with E-state index >= 15 is 0 Å². The quantitative estimate of drug-likeness (QED) is 0.622. The van der Waals surface area contributed by atoms with Crippen LogP contribution in [0.2, 0.25) is 0 Å². The van der Waals surface area contributed by atoms with Crippen molar-refractivity contribution >= 4 is 27.4 Å². The summed E-state index contributed by atoms with van der Waals surface area (Å²) in [5.41, 5.74) is 0.465. The van der Waals surface area contributed by atoms with Gasteiger partial charge in [0.1, 0.15) is 0 Å². The van der Waals surface area contributed by atoms with Gasteiger partial charge >= 0.3 is 5.97 Å². The Kier molecular flexibility index (Phi) is 4.66. The lowest BCUT2D eigenvalue weighted by molar-refractivity contribution is -0.384. The molecule has 0 radical (unpaired) electrons. The standard InChI is InChI=1S/C11H14N2O6S/c1-8-7-9(13(16)17)3-4-10(8)12(20(2,18)19)6-5-11(14)15/h3-4,7H,5-6H2,1-2H3,(H,14,15). The second-order valence-electron chi connectivity index (χ2n) is 4.21. The van der Waals surface area contributed by atoms with E-state index in [9.17, 15) is 23.3 Å². The Morgan fingerprint density at radius 1 is 1.45 bits per heavy atom. The molecule has 0 amide bonds. The first kappa shape index (κ1) is 15.9. The molecule has 0 bridgehead atoms. The fraction of sp³-hybridized carbons (Fsp3) is 0.364. The van der Waals surface area contributed by atoms with E-state index < -0.39 is 20.9 Å². The van der Waals surface area contributed by atoms with E-state index in [0.29, 0.717) is 5.56 Å². The molecule has 0 spiro atoms. The Morgan fingerprint density at radius 3 is 2.45 bits per heavy atom. The van der Waals surface area contributed by atoms with Crippen molar-refractivity contribution in [2.75, 3.05) is 17.1 Å². The van der Waals surface area contributed by atoms with Crippen molar-refractivity contribution in [3.05, 3.63) is 33.9 Å². The molecule has 8 nitrogen and oxygen atoms in total. The number of benzene rings is 1. The molecular formula is C11H14N2O6S. The van der Waals surface area contributed by atoms with Crippen molar-refractivity contribution in [3.63, 3.8) is 0 Å². The van der Waals surface area contributed by atoms with Crippen molar-refractivity contribution in [1.29, 1.82) is 0 Å². The molecule has 0 aromatic heterocycles. The summed E-state index contributed by atoms with van der Waals surface area (Å²) in [5, 5.41) is 19.3. The number of sulfonamides is 1. The van der Waals surface area contributed by atoms with Crippen LogP contribution in [-0.2, 0) is 14.8 Å². The van der Waals surface area contributed by atoms with Crippen LogP contribution in [0.25, 0.3) is 0 Å². The summed E-state index contributed by atoms with van der Waals surface area (Å²) in [6.45, 7) is 1.30. The van der Waals surface area contributed by atoms with Crippen LogP contribution >= 0.6 is 0 Å². The Morgan fingerprint density at radius 2 is 2.05 bits per heavy atom. The molecular weight excluding hydrogens is 288 g/mol.